The summed E-state index contributed by atoms with van der Waals surface area (Å²) in [5.74, 6) is 7.06. The molecule has 8 nitrogen and oxygen atoms in total. The van der Waals surface area contributed by atoms with Gasteiger partial charge in [-0.3, -0.25) is 0 Å². The maximum atomic E-state index is 5.46. The molecule has 0 saturated heterocycles. The lowest BCUT2D eigenvalue weighted by Crippen LogP contribution is -2.13. The largest absolute Gasteiger partial charge is 0.374 e. The standard InChI is InChI=1S/C13H15N7O/c1-2-21-8-12-15-11(17-14)7-13(16-12)20-10-6-4-3-5-9(10)18-19-20/h3-7H,2,8,14H2,1H3,(H,15,16,17). The fourth-order valence-corrected chi connectivity index (χ4v) is 1.96. The van der Waals surface area contributed by atoms with Crippen molar-refractivity contribution < 1.29 is 4.74 Å². The zero-order valence-corrected chi connectivity index (χ0v) is 11.5. The number of nitrogens with zero attached hydrogens (tertiary/aromatic N) is 5. The van der Waals surface area contributed by atoms with Crippen molar-refractivity contribution in [1.29, 1.82) is 0 Å². The van der Waals surface area contributed by atoms with Gasteiger partial charge in [-0.25, -0.2) is 15.8 Å². The average molecular weight is 285 g/mol. The Bertz CT molecular complexity index is 755. The Morgan fingerprint density at radius 2 is 2.14 bits per heavy atom. The molecule has 8 heteroatoms. The molecule has 0 aliphatic rings. The number of rotatable bonds is 5. The van der Waals surface area contributed by atoms with Crippen molar-refractivity contribution in [3.05, 3.63) is 36.2 Å². The zero-order valence-electron chi connectivity index (χ0n) is 11.5. The molecule has 0 spiro atoms. The molecule has 3 N–H and O–H groups in total. The summed E-state index contributed by atoms with van der Waals surface area (Å²) in [5, 5.41) is 8.24. The molecule has 0 fully saturated rings. The first-order chi connectivity index (χ1) is 10.3. The number of benzene rings is 1. The van der Waals surface area contributed by atoms with Gasteiger partial charge in [-0.2, -0.15) is 4.68 Å². The first-order valence-electron chi connectivity index (χ1n) is 6.55. The third kappa shape index (κ3) is 2.67. The summed E-state index contributed by atoms with van der Waals surface area (Å²) >= 11 is 0. The van der Waals surface area contributed by atoms with Crippen molar-refractivity contribution in [2.45, 2.75) is 13.5 Å². The number of nitrogens with two attached hydrogens (primary N) is 1. The van der Waals surface area contributed by atoms with Crippen LogP contribution in [0.15, 0.2) is 30.3 Å². The molecule has 0 radical (unpaired) electrons. The van der Waals surface area contributed by atoms with Gasteiger partial charge in [0.25, 0.3) is 0 Å². The number of anilines is 1. The summed E-state index contributed by atoms with van der Waals surface area (Å²) in [4.78, 5) is 8.69. The van der Waals surface area contributed by atoms with Crippen LogP contribution in [0.4, 0.5) is 5.82 Å². The topological polar surface area (TPSA) is 104 Å². The van der Waals surface area contributed by atoms with Gasteiger partial charge in [0.15, 0.2) is 11.6 Å². The van der Waals surface area contributed by atoms with Gasteiger partial charge in [0.05, 0.1) is 5.52 Å². The van der Waals surface area contributed by atoms with E-state index in [9.17, 15) is 0 Å². The lowest BCUT2D eigenvalue weighted by molar-refractivity contribution is 0.128. The highest BCUT2D eigenvalue weighted by atomic mass is 16.5. The predicted octanol–water partition coefficient (Wildman–Crippen LogP) is 1.03. The summed E-state index contributed by atoms with van der Waals surface area (Å²) < 4.78 is 6.99. The van der Waals surface area contributed by atoms with Crippen LogP contribution in [-0.2, 0) is 11.3 Å². The highest BCUT2D eigenvalue weighted by Crippen LogP contribution is 2.16. The summed E-state index contributed by atoms with van der Waals surface area (Å²) in [7, 11) is 0. The lowest BCUT2D eigenvalue weighted by atomic mass is 10.3. The predicted molar refractivity (Wildman–Crippen MR) is 77.6 cm³/mol. The van der Waals surface area contributed by atoms with E-state index in [2.05, 4.69) is 25.7 Å². The Morgan fingerprint density at radius 1 is 1.29 bits per heavy atom. The van der Waals surface area contributed by atoms with E-state index in [0.29, 0.717) is 30.7 Å². The van der Waals surface area contributed by atoms with Gasteiger partial charge in [0.1, 0.15) is 17.9 Å². The van der Waals surface area contributed by atoms with Crippen molar-refractivity contribution >= 4 is 16.9 Å². The van der Waals surface area contributed by atoms with E-state index in [-0.39, 0.29) is 0 Å². The van der Waals surface area contributed by atoms with Gasteiger partial charge in [0, 0.05) is 12.7 Å². The molecule has 21 heavy (non-hydrogen) atoms. The maximum absolute atomic E-state index is 5.46. The average Bonchev–Trinajstić information content (AvgIpc) is 2.96. The monoisotopic (exact) mass is 285 g/mol. The second-order valence-corrected chi connectivity index (χ2v) is 4.30. The third-order valence-electron chi connectivity index (χ3n) is 2.91. The quantitative estimate of drug-likeness (QED) is 0.533. The van der Waals surface area contributed by atoms with Crippen LogP contribution in [0, 0.1) is 0 Å². The van der Waals surface area contributed by atoms with Crippen LogP contribution in [0.5, 0.6) is 0 Å². The van der Waals surface area contributed by atoms with E-state index in [0.717, 1.165) is 11.0 Å². The molecule has 3 aromatic rings. The third-order valence-corrected chi connectivity index (χ3v) is 2.91. The van der Waals surface area contributed by atoms with Gasteiger partial charge < -0.3 is 10.2 Å². The first-order valence-corrected chi connectivity index (χ1v) is 6.55. The molecule has 0 saturated carbocycles. The second kappa shape index (κ2) is 5.81. The molecular formula is C13H15N7O. The fraction of sp³-hybridized carbons (Fsp3) is 0.231. The van der Waals surface area contributed by atoms with Crippen molar-refractivity contribution in [3.63, 3.8) is 0 Å². The maximum Gasteiger partial charge on any atom is 0.161 e. The van der Waals surface area contributed by atoms with E-state index in [1.165, 1.54) is 0 Å². The molecule has 0 amide bonds. The van der Waals surface area contributed by atoms with Crippen molar-refractivity contribution in [1.82, 2.24) is 25.0 Å². The van der Waals surface area contributed by atoms with Crippen molar-refractivity contribution in [3.8, 4) is 5.82 Å². The van der Waals surface area contributed by atoms with Crippen molar-refractivity contribution in [2.75, 3.05) is 12.0 Å². The van der Waals surface area contributed by atoms with Crippen LogP contribution in [0.3, 0.4) is 0 Å². The summed E-state index contributed by atoms with van der Waals surface area (Å²) in [5.41, 5.74) is 4.18. The molecule has 2 heterocycles. The molecule has 0 aliphatic heterocycles. The second-order valence-electron chi connectivity index (χ2n) is 4.30. The van der Waals surface area contributed by atoms with E-state index in [1.54, 1.807) is 10.7 Å². The number of ether oxygens (including phenoxy) is 1. The number of para-hydroxylation sites is 1. The van der Waals surface area contributed by atoms with Gasteiger partial charge >= 0.3 is 0 Å². The molecule has 0 atom stereocenters. The number of aromatic nitrogens is 5. The van der Waals surface area contributed by atoms with E-state index in [4.69, 9.17) is 10.6 Å². The first kappa shape index (κ1) is 13.4. The number of hydrogen-bond donors (Lipinski definition) is 2. The Kier molecular flexibility index (Phi) is 3.71. The molecule has 1 aromatic carbocycles. The minimum absolute atomic E-state index is 0.311. The van der Waals surface area contributed by atoms with Crippen LogP contribution < -0.4 is 11.3 Å². The lowest BCUT2D eigenvalue weighted by Gasteiger charge is -2.08. The van der Waals surface area contributed by atoms with E-state index in [1.807, 2.05) is 31.2 Å². The summed E-state index contributed by atoms with van der Waals surface area (Å²) in [6.07, 6.45) is 0. The van der Waals surface area contributed by atoms with Crippen LogP contribution in [0.1, 0.15) is 12.7 Å². The van der Waals surface area contributed by atoms with Crippen LogP contribution >= 0.6 is 0 Å². The number of hydrogen-bond acceptors (Lipinski definition) is 7. The van der Waals surface area contributed by atoms with Gasteiger partial charge in [-0.05, 0) is 19.1 Å². The summed E-state index contributed by atoms with van der Waals surface area (Å²) in [6.45, 7) is 2.81. The number of nitrogen functional groups attached to an aromatic ring is 1. The van der Waals surface area contributed by atoms with Gasteiger partial charge in [-0.1, -0.05) is 17.3 Å². The molecule has 2 aromatic heterocycles. The molecule has 0 aliphatic carbocycles. The van der Waals surface area contributed by atoms with Gasteiger partial charge in [-0.15, -0.1) is 5.10 Å². The van der Waals surface area contributed by atoms with E-state index >= 15 is 0 Å². The Balaban J connectivity index is 2.08. The smallest absolute Gasteiger partial charge is 0.161 e. The minimum atomic E-state index is 0.311. The van der Waals surface area contributed by atoms with Gasteiger partial charge in [0.2, 0.25) is 0 Å². The Hall–Kier alpha value is -2.58. The minimum Gasteiger partial charge on any atom is -0.374 e. The molecule has 0 bridgehead atoms. The van der Waals surface area contributed by atoms with E-state index < -0.39 is 0 Å². The molecule has 3 rings (SSSR count). The van der Waals surface area contributed by atoms with Crippen LogP contribution in [-0.4, -0.2) is 31.6 Å². The molecular weight excluding hydrogens is 270 g/mol. The number of hydrazine groups is 1. The summed E-state index contributed by atoms with van der Waals surface area (Å²) in [6, 6.07) is 9.36. The van der Waals surface area contributed by atoms with Crippen LogP contribution in [0.2, 0.25) is 0 Å². The zero-order chi connectivity index (χ0) is 14.7. The molecule has 108 valence electrons. The SMILES string of the molecule is CCOCc1nc(NN)cc(-n2nnc3ccccc32)n1. The van der Waals surface area contributed by atoms with Crippen LogP contribution in [0.25, 0.3) is 16.9 Å². The number of fused-ring (bicyclic) bond motifs is 1. The number of nitrogens with one attached hydrogen (secondary N) is 1. The highest BCUT2D eigenvalue weighted by Gasteiger charge is 2.10. The Labute approximate surface area is 120 Å². The fourth-order valence-electron chi connectivity index (χ4n) is 1.96. The highest BCUT2D eigenvalue weighted by molar-refractivity contribution is 5.75. The van der Waals surface area contributed by atoms with Crippen molar-refractivity contribution in [2.24, 2.45) is 5.84 Å². The normalized spacial score (nSPS) is 11.0. The Morgan fingerprint density at radius 3 is 2.95 bits per heavy atom. The molecule has 0 unspecified atom stereocenters.